The van der Waals surface area contributed by atoms with Crippen molar-refractivity contribution < 1.29 is 14.6 Å². The Morgan fingerprint density at radius 3 is 2.56 bits per heavy atom. The maximum atomic E-state index is 11.3. The molecular formula is C13H19NO3S. The van der Waals surface area contributed by atoms with E-state index in [9.17, 15) is 4.79 Å². The molecule has 0 aliphatic rings. The Bertz CT molecular complexity index is 365. The first kappa shape index (κ1) is 14.7. The summed E-state index contributed by atoms with van der Waals surface area (Å²) >= 11 is 1.33. The molecule has 1 aromatic rings. The van der Waals surface area contributed by atoms with Crippen molar-refractivity contribution >= 4 is 17.0 Å². The van der Waals surface area contributed by atoms with Crippen molar-refractivity contribution in [2.24, 2.45) is 0 Å². The minimum Gasteiger partial charge on any atom is -0.508 e. The molecule has 4 nitrogen and oxygen atoms in total. The zero-order valence-electron chi connectivity index (χ0n) is 10.8. The van der Waals surface area contributed by atoms with Crippen molar-refractivity contribution in [1.29, 1.82) is 0 Å². The third-order valence-corrected chi connectivity index (χ3v) is 3.34. The number of benzene rings is 1. The molecule has 0 saturated carbocycles. The molecule has 0 fully saturated rings. The van der Waals surface area contributed by atoms with E-state index in [4.69, 9.17) is 9.84 Å². The smallest absolute Gasteiger partial charge is 0.281 e. The van der Waals surface area contributed by atoms with Crippen LogP contribution in [-0.2, 0) is 0 Å². The molecule has 1 amide bonds. The lowest BCUT2D eigenvalue weighted by Crippen LogP contribution is -2.16. The summed E-state index contributed by atoms with van der Waals surface area (Å²) in [6, 6.07) is 6.67. The molecule has 1 aromatic carbocycles. The number of hydrogen-bond donors (Lipinski definition) is 1. The van der Waals surface area contributed by atoms with E-state index >= 15 is 0 Å². The molecule has 100 valence electrons. The Balaban J connectivity index is 2.05. The predicted molar refractivity (Wildman–Crippen MR) is 74.4 cm³/mol. The maximum Gasteiger partial charge on any atom is 0.281 e. The lowest BCUT2D eigenvalue weighted by atomic mass is 10.3. The van der Waals surface area contributed by atoms with Crippen LogP contribution in [0.15, 0.2) is 24.3 Å². The molecule has 0 heterocycles. The van der Waals surface area contributed by atoms with Crippen molar-refractivity contribution in [3.8, 4) is 11.5 Å². The standard InChI is InChI=1S/C13H19NO3S/c1-14(2)13(16)18-10-4-3-9-17-12-7-5-11(15)6-8-12/h5-8,15H,3-4,9-10H2,1-2H3. The second-order valence-electron chi connectivity index (χ2n) is 4.06. The average Bonchev–Trinajstić information content (AvgIpc) is 2.35. The highest BCUT2D eigenvalue weighted by Gasteiger charge is 2.03. The van der Waals surface area contributed by atoms with Gasteiger partial charge in [0, 0.05) is 19.8 Å². The SMILES string of the molecule is CN(C)C(=O)SCCCCOc1ccc(O)cc1. The fourth-order valence-electron chi connectivity index (χ4n) is 1.23. The fraction of sp³-hybridized carbons (Fsp3) is 0.462. The minimum atomic E-state index is 0.0921. The van der Waals surface area contributed by atoms with Gasteiger partial charge >= 0.3 is 0 Å². The molecule has 0 atom stereocenters. The van der Waals surface area contributed by atoms with Crippen LogP contribution in [0.4, 0.5) is 4.79 Å². The Hall–Kier alpha value is -1.36. The normalized spacial score (nSPS) is 10.1. The van der Waals surface area contributed by atoms with Gasteiger partial charge in [-0.15, -0.1) is 0 Å². The zero-order valence-corrected chi connectivity index (χ0v) is 11.6. The van der Waals surface area contributed by atoms with E-state index in [1.807, 2.05) is 0 Å². The van der Waals surface area contributed by atoms with Gasteiger partial charge in [0.25, 0.3) is 5.24 Å². The number of phenolic OH excluding ortho intramolecular Hbond substituents is 1. The van der Waals surface area contributed by atoms with Crippen LogP contribution < -0.4 is 4.74 Å². The topological polar surface area (TPSA) is 49.8 Å². The van der Waals surface area contributed by atoms with Crippen LogP contribution in [0.25, 0.3) is 0 Å². The van der Waals surface area contributed by atoms with Gasteiger partial charge in [0.2, 0.25) is 0 Å². The molecule has 0 aromatic heterocycles. The van der Waals surface area contributed by atoms with Crippen molar-refractivity contribution in [3.05, 3.63) is 24.3 Å². The van der Waals surface area contributed by atoms with Gasteiger partial charge in [-0.3, -0.25) is 4.79 Å². The highest BCUT2D eigenvalue weighted by Crippen LogP contribution is 2.16. The van der Waals surface area contributed by atoms with Crippen LogP contribution in [0.1, 0.15) is 12.8 Å². The van der Waals surface area contributed by atoms with E-state index in [0.29, 0.717) is 6.61 Å². The minimum absolute atomic E-state index is 0.0921. The number of rotatable bonds is 6. The van der Waals surface area contributed by atoms with Gasteiger partial charge in [-0.25, -0.2) is 0 Å². The van der Waals surface area contributed by atoms with E-state index in [1.54, 1.807) is 43.3 Å². The summed E-state index contributed by atoms with van der Waals surface area (Å²) in [5.41, 5.74) is 0. The van der Waals surface area contributed by atoms with Gasteiger partial charge in [0.05, 0.1) is 6.61 Å². The molecule has 5 heteroatoms. The largest absolute Gasteiger partial charge is 0.508 e. The molecule has 0 aliphatic heterocycles. The first-order chi connectivity index (χ1) is 8.59. The van der Waals surface area contributed by atoms with E-state index < -0.39 is 0 Å². The number of phenols is 1. The van der Waals surface area contributed by atoms with Gasteiger partial charge in [-0.2, -0.15) is 0 Å². The predicted octanol–water partition coefficient (Wildman–Crippen LogP) is 2.97. The number of amides is 1. The Morgan fingerprint density at radius 2 is 1.94 bits per heavy atom. The first-order valence-corrected chi connectivity index (χ1v) is 6.84. The van der Waals surface area contributed by atoms with Crippen LogP contribution in [0.3, 0.4) is 0 Å². The summed E-state index contributed by atoms with van der Waals surface area (Å²) in [7, 11) is 3.51. The van der Waals surface area contributed by atoms with Crippen LogP contribution in [-0.4, -0.2) is 41.7 Å². The number of unbranched alkanes of at least 4 members (excludes halogenated alkanes) is 1. The second kappa shape index (κ2) is 7.87. The number of thioether (sulfide) groups is 1. The lowest BCUT2D eigenvalue weighted by molar-refractivity contribution is 0.241. The molecule has 1 N–H and O–H groups in total. The van der Waals surface area contributed by atoms with Crippen LogP contribution in [0, 0.1) is 0 Å². The third kappa shape index (κ3) is 5.82. The summed E-state index contributed by atoms with van der Waals surface area (Å²) in [6.45, 7) is 0.626. The molecule has 0 aliphatic carbocycles. The molecular weight excluding hydrogens is 250 g/mol. The van der Waals surface area contributed by atoms with Gasteiger partial charge in [0.1, 0.15) is 11.5 Å². The molecule has 18 heavy (non-hydrogen) atoms. The van der Waals surface area contributed by atoms with Crippen molar-refractivity contribution in [1.82, 2.24) is 4.90 Å². The van der Waals surface area contributed by atoms with E-state index in [2.05, 4.69) is 0 Å². The molecule has 0 unspecified atom stereocenters. The van der Waals surface area contributed by atoms with E-state index in [-0.39, 0.29) is 11.0 Å². The summed E-state index contributed by atoms with van der Waals surface area (Å²) in [5.74, 6) is 1.81. The second-order valence-corrected chi connectivity index (χ2v) is 5.10. The van der Waals surface area contributed by atoms with Gasteiger partial charge in [0.15, 0.2) is 0 Å². The number of carbonyl (C=O) groups is 1. The Morgan fingerprint density at radius 1 is 1.28 bits per heavy atom. The van der Waals surface area contributed by atoms with Gasteiger partial charge < -0.3 is 14.7 Å². The van der Waals surface area contributed by atoms with E-state index in [1.165, 1.54) is 11.8 Å². The number of aromatic hydroxyl groups is 1. The highest BCUT2D eigenvalue weighted by atomic mass is 32.2. The summed E-state index contributed by atoms with van der Waals surface area (Å²) in [6.07, 6.45) is 1.86. The maximum absolute atomic E-state index is 11.3. The molecule has 0 radical (unpaired) electrons. The van der Waals surface area contributed by atoms with Crippen molar-refractivity contribution in [3.63, 3.8) is 0 Å². The average molecular weight is 269 g/mol. The van der Waals surface area contributed by atoms with Crippen LogP contribution in [0.5, 0.6) is 11.5 Å². The van der Waals surface area contributed by atoms with Crippen LogP contribution >= 0.6 is 11.8 Å². The Labute approximate surface area is 112 Å². The third-order valence-electron chi connectivity index (χ3n) is 2.23. The number of nitrogens with zero attached hydrogens (tertiary/aromatic N) is 1. The number of ether oxygens (including phenoxy) is 1. The first-order valence-electron chi connectivity index (χ1n) is 5.85. The monoisotopic (exact) mass is 269 g/mol. The summed E-state index contributed by atoms with van der Waals surface area (Å²) in [5, 5.41) is 9.19. The highest BCUT2D eigenvalue weighted by molar-refractivity contribution is 8.13. The van der Waals surface area contributed by atoms with E-state index in [0.717, 1.165) is 24.3 Å². The molecule has 0 bridgehead atoms. The molecule has 0 spiro atoms. The van der Waals surface area contributed by atoms with Gasteiger partial charge in [-0.05, 0) is 37.1 Å². The van der Waals surface area contributed by atoms with Crippen LogP contribution in [0.2, 0.25) is 0 Å². The lowest BCUT2D eigenvalue weighted by Gasteiger charge is -2.09. The molecule has 1 rings (SSSR count). The van der Waals surface area contributed by atoms with Crippen molar-refractivity contribution in [2.75, 3.05) is 26.5 Å². The summed E-state index contributed by atoms with van der Waals surface area (Å²) < 4.78 is 5.50. The quantitative estimate of drug-likeness (QED) is 0.807. The number of carbonyl (C=O) groups excluding carboxylic acids is 1. The number of hydrogen-bond acceptors (Lipinski definition) is 4. The van der Waals surface area contributed by atoms with Gasteiger partial charge in [-0.1, -0.05) is 11.8 Å². The Kier molecular flexibility index (Phi) is 6.43. The summed E-state index contributed by atoms with van der Waals surface area (Å²) in [4.78, 5) is 12.8. The van der Waals surface area contributed by atoms with Crippen molar-refractivity contribution in [2.45, 2.75) is 12.8 Å². The zero-order chi connectivity index (χ0) is 13.4. The molecule has 0 saturated heterocycles. The fourth-order valence-corrected chi connectivity index (χ4v) is 2.01.